The summed E-state index contributed by atoms with van der Waals surface area (Å²) in [7, 11) is -1.99. The van der Waals surface area contributed by atoms with E-state index in [-0.39, 0.29) is 23.7 Å². The molecule has 1 saturated heterocycles. The number of sulfone groups is 1. The second-order valence-corrected chi connectivity index (χ2v) is 8.67. The summed E-state index contributed by atoms with van der Waals surface area (Å²) in [5.74, 6) is -0.741. The molecule has 1 amide bonds. The van der Waals surface area contributed by atoms with Crippen LogP contribution in [-0.4, -0.2) is 61.4 Å². The Morgan fingerprint density at radius 1 is 1.48 bits per heavy atom. The number of amides is 1. The van der Waals surface area contributed by atoms with Gasteiger partial charge in [-0.1, -0.05) is 0 Å². The lowest BCUT2D eigenvalue weighted by Crippen LogP contribution is -2.44. The Hall–Kier alpha value is -2.20. The van der Waals surface area contributed by atoms with Gasteiger partial charge in [-0.2, -0.15) is 0 Å². The number of hydrogen-bond donors (Lipinski definition) is 0. The monoisotopic (exact) mass is 384 g/mol. The summed E-state index contributed by atoms with van der Waals surface area (Å²) in [6.45, 7) is -0.316. The molecule has 0 radical (unpaired) electrons. The highest BCUT2D eigenvalue weighted by Gasteiger charge is 2.36. The van der Waals surface area contributed by atoms with Crippen LogP contribution in [0.1, 0.15) is 16.9 Å². The van der Waals surface area contributed by atoms with Gasteiger partial charge in [-0.25, -0.2) is 13.4 Å². The summed E-state index contributed by atoms with van der Waals surface area (Å²) in [6, 6.07) is 2.87. The quantitative estimate of drug-likeness (QED) is 0.713. The molecule has 0 spiro atoms. The average Bonchev–Trinajstić information content (AvgIpc) is 3.31. The summed E-state index contributed by atoms with van der Waals surface area (Å²) < 4.78 is 33.4. The molecule has 1 fully saturated rings. The van der Waals surface area contributed by atoms with Gasteiger partial charge in [0.15, 0.2) is 20.6 Å². The lowest BCUT2D eigenvalue weighted by molar-refractivity contribution is -0.141. The zero-order valence-electron chi connectivity index (χ0n) is 13.4. The Morgan fingerprint density at radius 3 is 2.88 bits per heavy atom. The summed E-state index contributed by atoms with van der Waals surface area (Å²) in [6.07, 6.45) is 1.80. The summed E-state index contributed by atoms with van der Waals surface area (Å²) >= 11 is 1.23. The maximum atomic E-state index is 12.8. The Balaban J connectivity index is 1.85. The van der Waals surface area contributed by atoms with Gasteiger partial charge in [0.1, 0.15) is 12.2 Å². The van der Waals surface area contributed by atoms with Gasteiger partial charge in [0.25, 0.3) is 5.91 Å². The molecule has 0 N–H and O–H groups in total. The number of hydrogen-bond acceptors (Lipinski definition) is 8. The van der Waals surface area contributed by atoms with E-state index >= 15 is 0 Å². The number of carbonyl (C=O) groups is 2. The third-order valence-corrected chi connectivity index (χ3v) is 6.50. The van der Waals surface area contributed by atoms with Gasteiger partial charge in [0.05, 0.1) is 24.9 Å². The highest BCUT2D eigenvalue weighted by molar-refractivity contribution is 7.91. The molecular weight excluding hydrogens is 368 g/mol. The summed E-state index contributed by atoms with van der Waals surface area (Å²) in [4.78, 5) is 30.0. The van der Waals surface area contributed by atoms with Gasteiger partial charge in [-0.05, 0) is 18.6 Å². The van der Waals surface area contributed by atoms with Crippen molar-refractivity contribution >= 4 is 33.1 Å². The fraction of sp³-hybridized carbons (Fsp3) is 0.400. The largest absolute Gasteiger partial charge is 0.468 e. The van der Waals surface area contributed by atoms with Crippen LogP contribution in [0.2, 0.25) is 0 Å². The van der Waals surface area contributed by atoms with E-state index in [1.54, 1.807) is 17.5 Å². The predicted molar refractivity (Wildman–Crippen MR) is 89.9 cm³/mol. The van der Waals surface area contributed by atoms with Crippen molar-refractivity contribution in [1.82, 2.24) is 9.88 Å². The van der Waals surface area contributed by atoms with E-state index in [2.05, 4.69) is 9.72 Å². The molecule has 134 valence electrons. The van der Waals surface area contributed by atoms with Gasteiger partial charge in [-0.15, -0.1) is 11.3 Å². The molecule has 0 unspecified atom stereocenters. The molecule has 8 nitrogen and oxygen atoms in total. The number of furan rings is 1. The van der Waals surface area contributed by atoms with Crippen molar-refractivity contribution in [1.29, 1.82) is 0 Å². The van der Waals surface area contributed by atoms with Crippen molar-refractivity contribution in [3.63, 3.8) is 0 Å². The minimum absolute atomic E-state index is 0.00265. The van der Waals surface area contributed by atoms with Crippen LogP contribution in [0.15, 0.2) is 28.2 Å². The number of thiazole rings is 1. The van der Waals surface area contributed by atoms with Crippen LogP contribution in [0.3, 0.4) is 0 Å². The number of rotatable bonds is 5. The smallest absolute Gasteiger partial charge is 0.325 e. The average molecular weight is 384 g/mol. The molecule has 0 bridgehead atoms. The molecule has 3 heterocycles. The molecule has 10 heteroatoms. The fourth-order valence-corrected chi connectivity index (χ4v) is 5.11. The Morgan fingerprint density at radius 2 is 2.28 bits per heavy atom. The minimum atomic E-state index is -3.21. The van der Waals surface area contributed by atoms with E-state index in [9.17, 15) is 18.0 Å². The first-order chi connectivity index (χ1) is 11.9. The molecule has 2 aromatic rings. The second-order valence-electron chi connectivity index (χ2n) is 5.58. The van der Waals surface area contributed by atoms with Crippen LogP contribution in [0.4, 0.5) is 0 Å². The Labute approximate surface area is 148 Å². The Kier molecular flexibility index (Phi) is 4.91. The molecule has 25 heavy (non-hydrogen) atoms. The van der Waals surface area contributed by atoms with E-state index < -0.39 is 27.8 Å². The van der Waals surface area contributed by atoms with Crippen LogP contribution in [0.5, 0.6) is 0 Å². The van der Waals surface area contributed by atoms with Gasteiger partial charge >= 0.3 is 5.97 Å². The molecule has 1 aliphatic rings. The molecule has 1 aliphatic heterocycles. The van der Waals surface area contributed by atoms with Crippen molar-refractivity contribution in [3.8, 4) is 10.8 Å². The number of esters is 1. The predicted octanol–water partition coefficient (Wildman–Crippen LogP) is 1.21. The molecule has 3 rings (SSSR count). The Bertz CT molecular complexity index is 872. The first kappa shape index (κ1) is 17.6. The summed E-state index contributed by atoms with van der Waals surface area (Å²) in [5.41, 5.74) is 0.143. The van der Waals surface area contributed by atoms with Crippen LogP contribution in [0.25, 0.3) is 10.8 Å². The van der Waals surface area contributed by atoms with Gasteiger partial charge in [0.2, 0.25) is 0 Å². The third kappa shape index (κ3) is 3.90. The zero-order valence-corrected chi connectivity index (χ0v) is 15.0. The van der Waals surface area contributed by atoms with E-state index in [0.717, 1.165) is 0 Å². The highest BCUT2D eigenvalue weighted by Crippen LogP contribution is 2.26. The molecular formula is C15H16N2O6S2. The zero-order chi connectivity index (χ0) is 18.0. The first-order valence-corrected chi connectivity index (χ1v) is 10.2. The summed E-state index contributed by atoms with van der Waals surface area (Å²) in [5, 5.41) is 2.10. The number of aromatic nitrogens is 1. The molecule has 0 aromatic carbocycles. The maximum absolute atomic E-state index is 12.8. The van der Waals surface area contributed by atoms with E-state index in [0.29, 0.717) is 17.2 Å². The lowest BCUT2D eigenvalue weighted by Gasteiger charge is -2.26. The maximum Gasteiger partial charge on any atom is 0.325 e. The standard InChI is InChI=1S/C15H16N2O6S2/c1-22-13(18)7-17(10-4-6-25(20,21)9-10)15(19)11-8-24-14(16-11)12-3-2-5-23-12/h2-3,5,8,10H,4,6-7,9H2,1H3/t10-/m1/s1. The van der Waals surface area contributed by atoms with Crippen molar-refractivity contribution < 1.29 is 27.2 Å². The van der Waals surface area contributed by atoms with E-state index in [4.69, 9.17) is 4.42 Å². The number of nitrogens with zero attached hydrogens (tertiary/aromatic N) is 2. The SMILES string of the molecule is COC(=O)CN(C(=O)c1csc(-c2ccco2)n1)[C@@H]1CCS(=O)(=O)C1. The lowest BCUT2D eigenvalue weighted by atomic mass is 10.2. The molecule has 0 aliphatic carbocycles. The van der Waals surface area contributed by atoms with Gasteiger partial charge in [0, 0.05) is 11.4 Å². The molecule has 2 aromatic heterocycles. The number of carbonyl (C=O) groups excluding carboxylic acids is 2. The van der Waals surface area contributed by atoms with Crippen LogP contribution < -0.4 is 0 Å². The van der Waals surface area contributed by atoms with E-state index in [1.165, 1.54) is 29.6 Å². The van der Waals surface area contributed by atoms with E-state index in [1.807, 2.05) is 0 Å². The van der Waals surface area contributed by atoms with Crippen molar-refractivity contribution in [2.24, 2.45) is 0 Å². The fourth-order valence-electron chi connectivity index (χ4n) is 2.62. The van der Waals surface area contributed by atoms with Crippen LogP contribution in [-0.2, 0) is 19.4 Å². The van der Waals surface area contributed by atoms with Crippen molar-refractivity contribution in [2.45, 2.75) is 12.5 Å². The topological polar surface area (TPSA) is 107 Å². The van der Waals surface area contributed by atoms with Crippen molar-refractivity contribution in [2.75, 3.05) is 25.2 Å². The van der Waals surface area contributed by atoms with Crippen molar-refractivity contribution in [3.05, 3.63) is 29.5 Å². The van der Waals surface area contributed by atoms with Crippen LogP contribution >= 0.6 is 11.3 Å². The molecule has 0 saturated carbocycles. The third-order valence-electron chi connectivity index (χ3n) is 3.89. The molecule has 1 atom stereocenters. The number of methoxy groups -OCH3 is 1. The normalized spacial score (nSPS) is 18.8. The first-order valence-electron chi connectivity index (χ1n) is 7.47. The van der Waals surface area contributed by atoms with Gasteiger partial charge < -0.3 is 14.1 Å². The number of ether oxygens (including phenoxy) is 1. The highest BCUT2D eigenvalue weighted by atomic mass is 32.2. The van der Waals surface area contributed by atoms with Crippen LogP contribution in [0, 0.1) is 0 Å². The minimum Gasteiger partial charge on any atom is -0.468 e. The second kappa shape index (κ2) is 6.96. The van der Waals surface area contributed by atoms with Gasteiger partial charge in [-0.3, -0.25) is 9.59 Å².